The Morgan fingerprint density at radius 3 is 2.43 bits per heavy atom. The van der Waals surface area contributed by atoms with E-state index >= 15 is 0 Å². The lowest BCUT2D eigenvalue weighted by molar-refractivity contribution is -0.159. The second-order valence-electron chi connectivity index (χ2n) is 5.70. The third-order valence-corrected chi connectivity index (χ3v) is 4.03. The fourth-order valence-electron chi connectivity index (χ4n) is 2.82. The number of carbonyl (C=O) groups is 2. The van der Waals surface area contributed by atoms with Crippen molar-refractivity contribution in [3.8, 4) is 5.75 Å². The van der Waals surface area contributed by atoms with Gasteiger partial charge in [-0.3, -0.25) is 4.79 Å². The Balaban J connectivity index is 2.64. The third-order valence-electron chi connectivity index (χ3n) is 4.03. The van der Waals surface area contributed by atoms with Crippen LogP contribution in [0, 0.1) is 6.92 Å². The molecule has 0 heterocycles. The summed E-state index contributed by atoms with van der Waals surface area (Å²) in [5.41, 5.74) is 0.0156. The molecule has 21 heavy (non-hydrogen) atoms. The molecule has 0 bridgehead atoms. The number of amides is 1. The largest absolute Gasteiger partial charge is 0.496 e. The Morgan fingerprint density at radius 2 is 2.00 bits per heavy atom. The van der Waals surface area contributed by atoms with Crippen molar-refractivity contribution in [1.82, 2.24) is 4.90 Å². The summed E-state index contributed by atoms with van der Waals surface area (Å²) in [6.07, 6.45) is 1.69. The number of rotatable bonds is 5. The molecule has 0 aliphatic heterocycles. The van der Waals surface area contributed by atoms with Crippen LogP contribution >= 0.6 is 0 Å². The number of carbonyl (C=O) groups excluding carboxylic acids is 1. The van der Waals surface area contributed by atoms with E-state index in [1.54, 1.807) is 19.1 Å². The number of aliphatic carboxylic acids is 1. The van der Waals surface area contributed by atoms with Gasteiger partial charge in [-0.25, -0.2) is 4.79 Å². The first-order valence-electron chi connectivity index (χ1n) is 7.00. The van der Waals surface area contributed by atoms with Crippen molar-refractivity contribution in [3.63, 3.8) is 0 Å². The van der Waals surface area contributed by atoms with Gasteiger partial charge in [-0.05, 0) is 38.8 Å². The van der Waals surface area contributed by atoms with Crippen LogP contribution in [0.25, 0.3) is 0 Å². The van der Waals surface area contributed by atoms with Gasteiger partial charge in [-0.15, -0.1) is 0 Å². The van der Waals surface area contributed by atoms with Crippen LogP contribution in [-0.2, 0) is 15.1 Å². The lowest BCUT2D eigenvalue weighted by Gasteiger charge is -2.38. The lowest BCUT2D eigenvalue weighted by atomic mass is 9.87. The number of ether oxygens (including phenoxy) is 1. The van der Waals surface area contributed by atoms with Gasteiger partial charge in [0.05, 0.1) is 7.11 Å². The third kappa shape index (κ3) is 2.60. The molecule has 1 saturated carbocycles. The van der Waals surface area contributed by atoms with Gasteiger partial charge < -0.3 is 14.7 Å². The van der Waals surface area contributed by atoms with Crippen LogP contribution in [0.4, 0.5) is 0 Å². The van der Waals surface area contributed by atoms with Gasteiger partial charge in [0.15, 0.2) is 5.54 Å². The molecule has 1 fully saturated rings. The van der Waals surface area contributed by atoms with E-state index in [1.165, 1.54) is 18.9 Å². The maximum absolute atomic E-state index is 12.1. The van der Waals surface area contributed by atoms with Crippen molar-refractivity contribution in [2.45, 2.75) is 45.2 Å². The van der Waals surface area contributed by atoms with Crippen LogP contribution in [0.3, 0.4) is 0 Å². The Kier molecular flexibility index (Phi) is 3.94. The summed E-state index contributed by atoms with van der Waals surface area (Å²) in [7, 11) is 1.51. The Bertz CT molecular complexity index is 580. The Morgan fingerprint density at radius 1 is 1.38 bits per heavy atom. The molecule has 0 aromatic heterocycles. The zero-order valence-corrected chi connectivity index (χ0v) is 12.8. The highest BCUT2D eigenvalue weighted by atomic mass is 16.5. The maximum Gasteiger partial charge on any atom is 0.334 e. The van der Waals surface area contributed by atoms with Gasteiger partial charge >= 0.3 is 5.97 Å². The smallest absolute Gasteiger partial charge is 0.334 e. The predicted molar refractivity (Wildman–Crippen MR) is 78.3 cm³/mol. The van der Waals surface area contributed by atoms with Gasteiger partial charge in [0.25, 0.3) is 0 Å². The molecule has 2 rings (SSSR count). The molecule has 1 atom stereocenters. The topological polar surface area (TPSA) is 66.8 Å². The summed E-state index contributed by atoms with van der Waals surface area (Å²) in [6, 6.07) is 5.39. The summed E-state index contributed by atoms with van der Waals surface area (Å²) >= 11 is 0. The first-order valence-corrected chi connectivity index (χ1v) is 7.00. The molecule has 1 unspecified atom stereocenters. The van der Waals surface area contributed by atoms with Crippen LogP contribution < -0.4 is 4.74 Å². The van der Waals surface area contributed by atoms with Gasteiger partial charge in [0.2, 0.25) is 5.91 Å². The number of hydrogen-bond donors (Lipinski definition) is 1. The number of hydrogen-bond acceptors (Lipinski definition) is 3. The summed E-state index contributed by atoms with van der Waals surface area (Å²) in [5.74, 6) is -0.795. The van der Waals surface area contributed by atoms with Gasteiger partial charge in [0.1, 0.15) is 5.75 Å². The zero-order chi connectivity index (χ0) is 15.8. The first-order chi connectivity index (χ1) is 9.82. The molecular weight excluding hydrogens is 270 g/mol. The van der Waals surface area contributed by atoms with Gasteiger partial charge in [-0.2, -0.15) is 0 Å². The molecule has 114 valence electrons. The van der Waals surface area contributed by atoms with Gasteiger partial charge in [-0.1, -0.05) is 11.6 Å². The minimum atomic E-state index is -1.43. The van der Waals surface area contributed by atoms with Crippen molar-refractivity contribution < 1.29 is 19.4 Å². The molecule has 1 N–H and O–H groups in total. The molecule has 0 spiro atoms. The summed E-state index contributed by atoms with van der Waals surface area (Å²) in [4.78, 5) is 25.6. The number of benzene rings is 1. The molecule has 1 aliphatic rings. The van der Waals surface area contributed by atoms with Crippen molar-refractivity contribution in [2.75, 3.05) is 7.11 Å². The fraction of sp³-hybridized carbons (Fsp3) is 0.500. The molecule has 0 saturated heterocycles. The van der Waals surface area contributed by atoms with Gasteiger partial charge in [0, 0.05) is 18.5 Å². The number of carboxylic acids is 1. The fourth-order valence-corrected chi connectivity index (χ4v) is 2.82. The van der Waals surface area contributed by atoms with E-state index in [2.05, 4.69) is 0 Å². The number of methoxy groups -OCH3 is 1. The second kappa shape index (κ2) is 5.39. The standard InChI is InChI=1S/C16H21NO4/c1-10-5-8-14(21-4)13(9-10)16(3,15(19)20)17(11(2)18)12-6-7-12/h5,8-9,12H,6-7H2,1-4H3,(H,19,20). The van der Waals surface area contributed by atoms with Crippen LogP contribution in [0.15, 0.2) is 18.2 Å². The molecule has 5 nitrogen and oxygen atoms in total. The SMILES string of the molecule is COc1ccc(C)cc1C(C)(C(=O)O)N(C(C)=O)C1CC1. The zero-order valence-electron chi connectivity index (χ0n) is 12.8. The molecular formula is C16H21NO4. The van der Waals surface area contributed by atoms with Crippen molar-refractivity contribution in [3.05, 3.63) is 29.3 Å². The van der Waals surface area contributed by atoms with E-state index in [-0.39, 0.29) is 11.9 Å². The Hall–Kier alpha value is -2.04. The predicted octanol–water partition coefficient (Wildman–Crippen LogP) is 2.31. The summed E-state index contributed by atoms with van der Waals surface area (Å²) in [5, 5.41) is 9.84. The minimum Gasteiger partial charge on any atom is -0.496 e. The Labute approximate surface area is 124 Å². The monoisotopic (exact) mass is 291 g/mol. The van der Waals surface area contributed by atoms with E-state index < -0.39 is 11.5 Å². The molecule has 1 aromatic carbocycles. The second-order valence-corrected chi connectivity index (χ2v) is 5.70. The molecule has 0 radical (unpaired) electrons. The average molecular weight is 291 g/mol. The van der Waals surface area contributed by atoms with Crippen molar-refractivity contribution in [1.29, 1.82) is 0 Å². The highest BCUT2D eigenvalue weighted by Gasteiger charge is 2.50. The number of nitrogens with zero attached hydrogens (tertiary/aromatic N) is 1. The number of carboxylic acid groups (broad SMARTS) is 1. The first kappa shape index (κ1) is 15.4. The van der Waals surface area contributed by atoms with Crippen LogP contribution in [0.5, 0.6) is 5.75 Å². The summed E-state index contributed by atoms with van der Waals surface area (Å²) in [6.45, 7) is 4.88. The number of aryl methyl sites for hydroxylation is 1. The van der Waals surface area contributed by atoms with E-state index in [4.69, 9.17) is 4.74 Å². The van der Waals surface area contributed by atoms with E-state index in [9.17, 15) is 14.7 Å². The molecule has 5 heteroatoms. The minimum absolute atomic E-state index is 0.00572. The quantitative estimate of drug-likeness (QED) is 0.904. The van der Waals surface area contributed by atoms with Crippen LogP contribution in [0.1, 0.15) is 37.8 Å². The molecule has 1 aliphatic carbocycles. The normalized spacial score (nSPS) is 17.0. The van der Waals surface area contributed by atoms with Crippen molar-refractivity contribution >= 4 is 11.9 Å². The highest BCUT2D eigenvalue weighted by Crippen LogP contribution is 2.42. The van der Waals surface area contributed by atoms with E-state index in [0.29, 0.717) is 11.3 Å². The lowest BCUT2D eigenvalue weighted by Crippen LogP contribution is -2.53. The van der Waals surface area contributed by atoms with E-state index in [1.807, 2.05) is 13.0 Å². The average Bonchev–Trinajstić information content (AvgIpc) is 3.22. The van der Waals surface area contributed by atoms with Crippen molar-refractivity contribution in [2.24, 2.45) is 0 Å². The van der Waals surface area contributed by atoms with Crippen LogP contribution in [0.2, 0.25) is 0 Å². The summed E-state index contributed by atoms with van der Waals surface area (Å²) < 4.78 is 5.33. The molecule has 1 aromatic rings. The van der Waals surface area contributed by atoms with Crippen LogP contribution in [-0.4, -0.2) is 35.0 Å². The highest BCUT2D eigenvalue weighted by molar-refractivity contribution is 5.88. The maximum atomic E-state index is 12.1. The molecule has 1 amide bonds. The van der Waals surface area contributed by atoms with E-state index in [0.717, 1.165) is 18.4 Å².